The summed E-state index contributed by atoms with van der Waals surface area (Å²) in [7, 11) is -10.8. The van der Waals surface area contributed by atoms with Gasteiger partial charge in [-0.1, -0.05) is 12.1 Å². The van der Waals surface area contributed by atoms with E-state index < -0.39 is 31.3 Å². The monoisotopic (exact) mass is 388 g/mol. The molecule has 1 aromatic rings. The molecule has 12 heteroatoms. The van der Waals surface area contributed by atoms with E-state index in [1.165, 1.54) is 12.1 Å². The van der Waals surface area contributed by atoms with Crippen LogP contribution in [0.4, 0.5) is 13.2 Å². The van der Waals surface area contributed by atoms with Gasteiger partial charge in [0, 0.05) is 5.75 Å². The first-order chi connectivity index (χ1) is 11.0. The van der Waals surface area contributed by atoms with Crippen LogP contribution in [0.5, 0.6) is 5.75 Å². The highest BCUT2D eigenvalue weighted by Gasteiger charge is 2.40. The standard InChI is InChI=1S/C12H13F3NO6S2/c13-12(14,15)24(19,20)16-23(17,18)6-5-9-1-3-10(4-2-9)21-7-11-8-22-11/h1-4,11H,5-8H2/q-1. The number of benzene rings is 1. The van der Waals surface area contributed by atoms with Crippen molar-refractivity contribution >= 4 is 20.0 Å². The van der Waals surface area contributed by atoms with Gasteiger partial charge < -0.3 is 13.6 Å². The molecule has 1 aromatic carbocycles. The SMILES string of the molecule is O=S(=O)(CCc1ccc(OCC2CO2)cc1)[N-]S(=O)(=O)C(F)(F)F. The first kappa shape index (κ1) is 19.0. The van der Waals surface area contributed by atoms with Crippen molar-refractivity contribution in [1.29, 1.82) is 0 Å². The summed E-state index contributed by atoms with van der Waals surface area (Å²) >= 11 is 0. The number of rotatable bonds is 8. The number of aryl methyl sites for hydroxylation is 1. The Morgan fingerprint density at radius 2 is 1.75 bits per heavy atom. The van der Waals surface area contributed by atoms with E-state index in [9.17, 15) is 30.0 Å². The van der Waals surface area contributed by atoms with Crippen LogP contribution in [-0.4, -0.2) is 47.4 Å². The molecule has 0 saturated carbocycles. The van der Waals surface area contributed by atoms with E-state index in [-0.39, 0.29) is 12.5 Å². The van der Waals surface area contributed by atoms with Crippen molar-refractivity contribution in [2.24, 2.45) is 0 Å². The molecule has 0 aromatic heterocycles. The molecule has 1 aliphatic heterocycles. The molecule has 2 rings (SSSR count). The molecule has 24 heavy (non-hydrogen) atoms. The second kappa shape index (κ2) is 6.86. The summed E-state index contributed by atoms with van der Waals surface area (Å²) in [6.45, 7) is 1.03. The Morgan fingerprint density at radius 3 is 2.25 bits per heavy atom. The third kappa shape index (κ3) is 5.61. The Kier molecular flexibility index (Phi) is 5.42. The van der Waals surface area contributed by atoms with Crippen LogP contribution >= 0.6 is 0 Å². The van der Waals surface area contributed by atoms with Gasteiger partial charge >= 0.3 is 5.51 Å². The lowest BCUT2D eigenvalue weighted by atomic mass is 10.2. The summed E-state index contributed by atoms with van der Waals surface area (Å²) in [6.07, 6.45) is -0.113. The number of sulfonamides is 2. The molecule has 1 heterocycles. The third-order valence-electron chi connectivity index (χ3n) is 2.91. The van der Waals surface area contributed by atoms with Gasteiger partial charge in [-0.3, -0.25) is 0 Å². The first-order valence-electron chi connectivity index (χ1n) is 6.60. The summed E-state index contributed by atoms with van der Waals surface area (Å²) in [5.74, 6) is -0.334. The number of halogens is 3. The van der Waals surface area contributed by atoms with Gasteiger partial charge in [0.15, 0.2) is 10.0 Å². The predicted molar refractivity (Wildman–Crippen MR) is 77.5 cm³/mol. The molecule has 0 radical (unpaired) electrons. The van der Waals surface area contributed by atoms with Crippen LogP contribution in [0.2, 0.25) is 0 Å². The molecule has 1 atom stereocenters. The second-order valence-electron chi connectivity index (χ2n) is 4.94. The van der Waals surface area contributed by atoms with Crippen LogP contribution in [0.3, 0.4) is 0 Å². The summed E-state index contributed by atoms with van der Waals surface area (Å²) in [5.41, 5.74) is -5.27. The van der Waals surface area contributed by atoms with Crippen molar-refractivity contribution in [3.63, 3.8) is 0 Å². The van der Waals surface area contributed by atoms with Crippen molar-refractivity contribution in [3.8, 4) is 5.75 Å². The zero-order chi connectivity index (χ0) is 18.0. The number of nitrogens with zero attached hydrogens (tertiary/aromatic N) is 1. The predicted octanol–water partition coefficient (Wildman–Crippen LogP) is 1.56. The molecule has 1 unspecified atom stereocenters. The van der Waals surface area contributed by atoms with E-state index in [2.05, 4.69) is 0 Å². The van der Waals surface area contributed by atoms with Crippen LogP contribution in [0.25, 0.3) is 4.13 Å². The molecule has 0 amide bonds. The topological polar surface area (TPSA) is 104 Å². The molecular weight excluding hydrogens is 375 g/mol. The minimum absolute atomic E-state index is 0.0759. The number of hydrogen-bond acceptors (Lipinski definition) is 6. The maximum Gasteiger partial charge on any atom is 0.480 e. The fourth-order valence-corrected chi connectivity index (χ4v) is 3.91. The van der Waals surface area contributed by atoms with Crippen molar-refractivity contribution in [3.05, 3.63) is 34.0 Å². The third-order valence-corrected chi connectivity index (χ3v) is 5.91. The van der Waals surface area contributed by atoms with Crippen LogP contribution in [0.15, 0.2) is 24.3 Å². The Bertz CT molecular complexity index is 770. The van der Waals surface area contributed by atoms with Crippen molar-refractivity contribution < 1.29 is 39.5 Å². The number of ether oxygens (including phenoxy) is 2. The van der Waals surface area contributed by atoms with E-state index in [0.29, 0.717) is 24.5 Å². The molecule has 136 valence electrons. The van der Waals surface area contributed by atoms with Gasteiger partial charge in [-0.2, -0.15) is 13.2 Å². The Balaban J connectivity index is 1.89. The highest BCUT2D eigenvalue weighted by atomic mass is 32.3. The average Bonchev–Trinajstić information content (AvgIpc) is 3.26. The van der Waals surface area contributed by atoms with Crippen molar-refractivity contribution in [2.45, 2.75) is 18.0 Å². The summed E-state index contributed by atoms with van der Waals surface area (Å²) in [4.78, 5) is 0. The fourth-order valence-electron chi connectivity index (χ4n) is 1.58. The molecule has 1 aliphatic rings. The quantitative estimate of drug-likeness (QED) is 0.626. The highest BCUT2D eigenvalue weighted by Crippen LogP contribution is 2.30. The Hall–Kier alpha value is -1.37. The molecular formula is C12H13F3NO6S2-. The number of epoxide rings is 1. The Morgan fingerprint density at radius 1 is 1.17 bits per heavy atom. The zero-order valence-corrected chi connectivity index (χ0v) is 13.7. The van der Waals surface area contributed by atoms with Crippen LogP contribution in [0, 0.1) is 0 Å². The molecule has 7 nitrogen and oxygen atoms in total. The van der Waals surface area contributed by atoms with Gasteiger partial charge in [-0.15, -0.1) is 0 Å². The average molecular weight is 388 g/mol. The molecule has 0 N–H and O–H groups in total. The lowest BCUT2D eigenvalue weighted by Gasteiger charge is -2.21. The Labute approximate surface area is 136 Å². The van der Waals surface area contributed by atoms with Gasteiger partial charge in [-0.25, -0.2) is 16.8 Å². The van der Waals surface area contributed by atoms with Crippen molar-refractivity contribution in [2.75, 3.05) is 19.0 Å². The largest absolute Gasteiger partial charge is 0.491 e. The number of hydrogen-bond donors (Lipinski definition) is 0. The maximum absolute atomic E-state index is 12.1. The van der Waals surface area contributed by atoms with Crippen LogP contribution in [0.1, 0.15) is 5.56 Å². The van der Waals surface area contributed by atoms with Gasteiger partial charge in [0.25, 0.3) is 0 Å². The lowest BCUT2D eigenvalue weighted by molar-refractivity contribution is -0.0425. The zero-order valence-electron chi connectivity index (χ0n) is 12.1. The summed E-state index contributed by atoms with van der Waals surface area (Å²) in [6, 6.07) is 6.18. The van der Waals surface area contributed by atoms with Gasteiger partial charge in [0.2, 0.25) is 0 Å². The number of alkyl halides is 3. The van der Waals surface area contributed by atoms with Crippen molar-refractivity contribution in [1.82, 2.24) is 0 Å². The van der Waals surface area contributed by atoms with Crippen LogP contribution in [-0.2, 0) is 31.2 Å². The van der Waals surface area contributed by atoms with Gasteiger partial charge in [0.05, 0.1) is 16.6 Å². The van der Waals surface area contributed by atoms with Gasteiger partial charge in [0.1, 0.15) is 18.5 Å². The fraction of sp³-hybridized carbons (Fsp3) is 0.500. The van der Waals surface area contributed by atoms with Crippen LogP contribution < -0.4 is 4.74 Å². The van der Waals surface area contributed by atoms with E-state index in [4.69, 9.17) is 9.47 Å². The van der Waals surface area contributed by atoms with E-state index in [1.807, 2.05) is 4.13 Å². The molecule has 0 aliphatic carbocycles. The summed E-state index contributed by atoms with van der Waals surface area (Å²) < 4.78 is 93.1. The van der Waals surface area contributed by atoms with Gasteiger partial charge in [-0.05, 0) is 24.1 Å². The van der Waals surface area contributed by atoms with E-state index in [0.717, 1.165) is 0 Å². The molecule has 1 saturated heterocycles. The molecule has 1 fully saturated rings. The first-order valence-corrected chi connectivity index (χ1v) is 9.65. The minimum Gasteiger partial charge on any atom is -0.491 e. The van der Waals surface area contributed by atoms with E-state index >= 15 is 0 Å². The van der Waals surface area contributed by atoms with E-state index in [1.54, 1.807) is 12.1 Å². The normalized spacial score (nSPS) is 18.4. The minimum atomic E-state index is -6.07. The molecule has 0 spiro atoms. The maximum atomic E-state index is 12.1. The second-order valence-corrected chi connectivity index (χ2v) is 8.52. The highest BCUT2D eigenvalue weighted by molar-refractivity contribution is 8.12. The smallest absolute Gasteiger partial charge is 0.480 e. The summed E-state index contributed by atoms with van der Waals surface area (Å²) in [5, 5.41) is 0. The molecule has 0 bridgehead atoms. The lowest BCUT2D eigenvalue weighted by Crippen LogP contribution is -2.25.